The first-order valence-corrected chi connectivity index (χ1v) is 10.5. The van der Waals surface area contributed by atoms with E-state index in [1.54, 1.807) is 0 Å². The van der Waals surface area contributed by atoms with Crippen LogP contribution >= 0.6 is 7.44 Å². The van der Waals surface area contributed by atoms with Crippen molar-refractivity contribution in [3.8, 4) is 0 Å². The largest absolute Gasteiger partial charge is 0.289 e. The third-order valence-electron chi connectivity index (χ3n) is 4.50. The topological polar surface area (TPSA) is 23.6 Å². The standard InChI is InChI=1S/C20H25N2OP/c1-24(23)21(17-19-11-5-2-6-12-19)15-9-4-10-16-22(24)18-20-13-7-3-8-14-20/h2-9,11-14H,10,15-18H2,1H3/b9-4-. The van der Waals surface area contributed by atoms with Gasteiger partial charge in [0.15, 0.2) is 0 Å². The summed E-state index contributed by atoms with van der Waals surface area (Å²) in [4.78, 5) is 0. The number of benzene rings is 2. The summed E-state index contributed by atoms with van der Waals surface area (Å²) in [6.45, 7) is 4.91. The average Bonchev–Trinajstić information content (AvgIpc) is 2.60. The summed E-state index contributed by atoms with van der Waals surface area (Å²) in [5, 5.41) is 0. The normalized spacial score (nSPS) is 24.2. The molecule has 1 aliphatic rings. The van der Waals surface area contributed by atoms with E-state index in [2.05, 4.69) is 45.8 Å². The van der Waals surface area contributed by atoms with Crippen molar-refractivity contribution in [2.24, 2.45) is 0 Å². The van der Waals surface area contributed by atoms with Gasteiger partial charge in [0.1, 0.15) is 0 Å². The van der Waals surface area contributed by atoms with E-state index >= 15 is 0 Å². The molecular weight excluding hydrogens is 315 g/mol. The summed E-state index contributed by atoms with van der Waals surface area (Å²) in [6, 6.07) is 20.6. The Kier molecular flexibility index (Phi) is 5.68. The first-order valence-electron chi connectivity index (χ1n) is 8.47. The Balaban J connectivity index is 1.83. The van der Waals surface area contributed by atoms with Crippen LogP contribution in [-0.2, 0) is 17.7 Å². The SMILES string of the molecule is CP1(=O)N(Cc2ccccc2)C/C=C\CCN1Cc1ccccc1. The first-order chi connectivity index (χ1) is 11.7. The fraction of sp³-hybridized carbons (Fsp3) is 0.300. The lowest BCUT2D eigenvalue weighted by Gasteiger charge is -2.38. The lowest BCUT2D eigenvalue weighted by molar-refractivity contribution is 0.337. The van der Waals surface area contributed by atoms with Crippen LogP contribution in [0, 0.1) is 0 Å². The molecule has 0 radical (unpaired) electrons. The van der Waals surface area contributed by atoms with E-state index in [9.17, 15) is 4.57 Å². The summed E-state index contributed by atoms with van der Waals surface area (Å²) in [5.41, 5.74) is 2.41. The third-order valence-corrected chi connectivity index (χ3v) is 7.25. The Bertz CT molecular complexity index is 715. The fourth-order valence-corrected chi connectivity index (χ4v) is 5.14. The van der Waals surface area contributed by atoms with Crippen LogP contribution in [0.2, 0.25) is 0 Å². The third kappa shape index (κ3) is 4.24. The van der Waals surface area contributed by atoms with Gasteiger partial charge in [-0.25, -0.2) is 9.34 Å². The van der Waals surface area contributed by atoms with Crippen molar-refractivity contribution >= 4 is 7.44 Å². The van der Waals surface area contributed by atoms with Crippen molar-refractivity contribution < 1.29 is 4.57 Å². The minimum Gasteiger partial charge on any atom is -0.289 e. The van der Waals surface area contributed by atoms with Crippen LogP contribution in [0.3, 0.4) is 0 Å². The predicted octanol–water partition coefficient (Wildman–Crippen LogP) is 4.77. The summed E-state index contributed by atoms with van der Waals surface area (Å²) >= 11 is 0. The highest BCUT2D eigenvalue weighted by Gasteiger charge is 2.32. The van der Waals surface area contributed by atoms with Gasteiger partial charge in [0.25, 0.3) is 0 Å². The molecule has 4 heteroatoms. The Morgan fingerprint density at radius 3 is 1.96 bits per heavy atom. The van der Waals surface area contributed by atoms with Gasteiger partial charge in [0, 0.05) is 32.8 Å². The van der Waals surface area contributed by atoms with Gasteiger partial charge >= 0.3 is 0 Å². The molecule has 0 saturated heterocycles. The van der Waals surface area contributed by atoms with Gasteiger partial charge < -0.3 is 0 Å². The summed E-state index contributed by atoms with van der Waals surface area (Å²) in [7, 11) is -2.59. The summed E-state index contributed by atoms with van der Waals surface area (Å²) in [5.74, 6) is 0. The number of hydrogen-bond acceptors (Lipinski definition) is 1. The minimum absolute atomic E-state index is 0.713. The number of nitrogens with zero attached hydrogens (tertiary/aromatic N) is 2. The molecular formula is C20H25N2OP. The molecule has 3 rings (SSSR count). The van der Waals surface area contributed by atoms with Crippen LogP contribution in [0.4, 0.5) is 0 Å². The smallest absolute Gasteiger partial charge is 0.214 e. The molecule has 0 saturated carbocycles. The van der Waals surface area contributed by atoms with E-state index in [0.717, 1.165) is 26.1 Å². The van der Waals surface area contributed by atoms with E-state index in [1.165, 1.54) is 11.1 Å². The molecule has 0 fully saturated rings. The second-order valence-electron chi connectivity index (χ2n) is 6.30. The highest BCUT2D eigenvalue weighted by atomic mass is 31.2. The molecule has 126 valence electrons. The Hall–Kier alpha value is -1.67. The van der Waals surface area contributed by atoms with E-state index in [1.807, 2.05) is 43.1 Å². The lowest BCUT2D eigenvalue weighted by atomic mass is 10.2. The Morgan fingerprint density at radius 2 is 1.38 bits per heavy atom. The van der Waals surface area contributed by atoms with E-state index < -0.39 is 7.44 Å². The van der Waals surface area contributed by atoms with Crippen molar-refractivity contribution in [3.63, 3.8) is 0 Å². The number of hydrogen-bond donors (Lipinski definition) is 0. The van der Waals surface area contributed by atoms with Crippen LogP contribution in [-0.4, -0.2) is 29.1 Å². The van der Waals surface area contributed by atoms with Crippen LogP contribution in [0.1, 0.15) is 17.5 Å². The molecule has 0 aliphatic carbocycles. The van der Waals surface area contributed by atoms with Crippen LogP contribution in [0.25, 0.3) is 0 Å². The Morgan fingerprint density at radius 1 is 0.833 bits per heavy atom. The van der Waals surface area contributed by atoms with Crippen molar-refractivity contribution in [3.05, 3.63) is 83.9 Å². The average molecular weight is 340 g/mol. The molecule has 2 aromatic carbocycles. The monoisotopic (exact) mass is 340 g/mol. The van der Waals surface area contributed by atoms with Gasteiger partial charge in [-0.2, -0.15) is 0 Å². The van der Waals surface area contributed by atoms with Crippen molar-refractivity contribution in [2.75, 3.05) is 19.8 Å². The quantitative estimate of drug-likeness (QED) is 0.591. The second kappa shape index (κ2) is 7.94. The molecule has 0 N–H and O–H groups in total. The zero-order valence-electron chi connectivity index (χ0n) is 14.2. The maximum Gasteiger partial charge on any atom is 0.214 e. The zero-order valence-corrected chi connectivity index (χ0v) is 15.1. The van der Waals surface area contributed by atoms with Gasteiger partial charge in [-0.05, 0) is 17.5 Å². The molecule has 0 amide bonds. The first kappa shape index (κ1) is 17.2. The Labute approximate surface area is 145 Å². The fourth-order valence-electron chi connectivity index (χ4n) is 3.05. The highest BCUT2D eigenvalue weighted by Crippen LogP contribution is 2.51. The maximum absolute atomic E-state index is 13.7. The second-order valence-corrected chi connectivity index (χ2v) is 9.10. The van der Waals surface area contributed by atoms with Crippen LogP contribution < -0.4 is 0 Å². The molecule has 24 heavy (non-hydrogen) atoms. The lowest BCUT2D eigenvalue weighted by Crippen LogP contribution is -2.33. The molecule has 2 aromatic rings. The van der Waals surface area contributed by atoms with Gasteiger partial charge in [-0.15, -0.1) is 0 Å². The van der Waals surface area contributed by atoms with Crippen molar-refractivity contribution in [1.29, 1.82) is 0 Å². The predicted molar refractivity (Wildman–Crippen MR) is 101 cm³/mol. The van der Waals surface area contributed by atoms with Crippen molar-refractivity contribution in [1.82, 2.24) is 9.34 Å². The molecule has 0 bridgehead atoms. The van der Waals surface area contributed by atoms with Gasteiger partial charge in [-0.3, -0.25) is 4.57 Å². The van der Waals surface area contributed by atoms with E-state index in [0.29, 0.717) is 6.54 Å². The highest BCUT2D eigenvalue weighted by molar-refractivity contribution is 7.58. The molecule has 1 aliphatic heterocycles. The molecule has 1 heterocycles. The molecule has 0 aromatic heterocycles. The summed E-state index contributed by atoms with van der Waals surface area (Å²) in [6.07, 6.45) is 5.30. The van der Waals surface area contributed by atoms with Gasteiger partial charge in [-0.1, -0.05) is 72.8 Å². The van der Waals surface area contributed by atoms with Gasteiger partial charge in [0.2, 0.25) is 7.44 Å². The molecule has 1 unspecified atom stereocenters. The zero-order chi connectivity index (χ0) is 16.8. The maximum atomic E-state index is 13.7. The minimum atomic E-state index is -2.59. The molecule has 0 spiro atoms. The van der Waals surface area contributed by atoms with E-state index in [4.69, 9.17) is 0 Å². The number of rotatable bonds is 4. The molecule has 3 nitrogen and oxygen atoms in total. The van der Waals surface area contributed by atoms with Crippen LogP contribution in [0.15, 0.2) is 72.8 Å². The van der Waals surface area contributed by atoms with Crippen LogP contribution in [0.5, 0.6) is 0 Å². The van der Waals surface area contributed by atoms with Gasteiger partial charge in [0.05, 0.1) is 0 Å². The van der Waals surface area contributed by atoms with Crippen molar-refractivity contribution in [2.45, 2.75) is 19.5 Å². The molecule has 1 atom stereocenters. The van der Waals surface area contributed by atoms with E-state index in [-0.39, 0.29) is 0 Å². The summed E-state index contributed by atoms with van der Waals surface area (Å²) < 4.78 is 18.0.